The van der Waals surface area contributed by atoms with E-state index in [-0.39, 0.29) is 23.2 Å². The first-order valence-electron chi connectivity index (χ1n) is 13.1. The molecule has 0 saturated carbocycles. The number of carbonyl (C=O) groups excluding carboxylic acids is 2. The Bertz CT molecular complexity index is 1530. The number of urea groups is 1. The highest BCUT2D eigenvalue weighted by Crippen LogP contribution is 2.28. The fourth-order valence-electron chi connectivity index (χ4n) is 4.82. The summed E-state index contributed by atoms with van der Waals surface area (Å²) in [5.74, 6) is -2.21. The Morgan fingerprint density at radius 3 is 2.15 bits per heavy atom. The SMILES string of the molecule is COC(=O)c1c(F)cccc1-c1ccc(CNC(=O)Nc2ccc(N3CCN(c4ccncc4)CC3)cc2)c(F)c1. The monoisotopic (exact) mass is 557 g/mol. The Morgan fingerprint density at radius 2 is 1.51 bits per heavy atom. The van der Waals surface area contributed by atoms with Crippen molar-refractivity contribution in [2.24, 2.45) is 0 Å². The summed E-state index contributed by atoms with van der Waals surface area (Å²) in [4.78, 5) is 33.2. The molecule has 1 aromatic heterocycles. The largest absolute Gasteiger partial charge is 0.465 e. The number of esters is 1. The average Bonchev–Trinajstić information content (AvgIpc) is 3.01. The van der Waals surface area contributed by atoms with Gasteiger partial charge in [-0.25, -0.2) is 18.4 Å². The van der Waals surface area contributed by atoms with Crippen molar-refractivity contribution in [1.82, 2.24) is 10.3 Å². The number of methoxy groups -OCH3 is 1. The maximum absolute atomic E-state index is 14.9. The lowest BCUT2D eigenvalue weighted by atomic mass is 9.98. The first kappa shape index (κ1) is 27.6. The third kappa shape index (κ3) is 6.43. The van der Waals surface area contributed by atoms with Crippen LogP contribution in [0, 0.1) is 11.6 Å². The van der Waals surface area contributed by atoms with E-state index in [4.69, 9.17) is 0 Å². The van der Waals surface area contributed by atoms with Gasteiger partial charge >= 0.3 is 12.0 Å². The van der Waals surface area contributed by atoms with E-state index in [1.165, 1.54) is 30.0 Å². The third-order valence-corrected chi connectivity index (χ3v) is 7.00. The van der Waals surface area contributed by atoms with Crippen LogP contribution < -0.4 is 20.4 Å². The van der Waals surface area contributed by atoms with Crippen molar-refractivity contribution < 1.29 is 23.1 Å². The number of halogens is 2. The molecule has 0 radical (unpaired) electrons. The fourth-order valence-corrected chi connectivity index (χ4v) is 4.82. The van der Waals surface area contributed by atoms with Gasteiger partial charge in [0, 0.05) is 67.7 Å². The predicted molar refractivity (Wildman–Crippen MR) is 154 cm³/mol. The summed E-state index contributed by atoms with van der Waals surface area (Å²) in [6.07, 6.45) is 3.60. The van der Waals surface area contributed by atoms with Crippen molar-refractivity contribution in [2.45, 2.75) is 6.54 Å². The molecule has 0 atom stereocenters. The van der Waals surface area contributed by atoms with E-state index >= 15 is 0 Å². The van der Waals surface area contributed by atoms with Gasteiger partial charge in [0.2, 0.25) is 0 Å². The van der Waals surface area contributed by atoms with Crippen molar-refractivity contribution in [3.05, 3.63) is 108 Å². The molecule has 2 N–H and O–H groups in total. The Labute approximate surface area is 236 Å². The molecule has 210 valence electrons. The summed E-state index contributed by atoms with van der Waals surface area (Å²) in [5, 5.41) is 5.41. The summed E-state index contributed by atoms with van der Waals surface area (Å²) < 4.78 is 33.8. The molecular weight excluding hydrogens is 528 g/mol. The fraction of sp³-hybridized carbons (Fsp3) is 0.194. The summed E-state index contributed by atoms with van der Waals surface area (Å²) >= 11 is 0. The molecule has 1 saturated heterocycles. The number of nitrogens with one attached hydrogen (secondary N) is 2. The van der Waals surface area contributed by atoms with Crippen molar-refractivity contribution >= 4 is 29.1 Å². The van der Waals surface area contributed by atoms with Gasteiger partial charge in [-0.3, -0.25) is 4.98 Å². The van der Waals surface area contributed by atoms with Gasteiger partial charge in [0.15, 0.2) is 0 Å². The molecule has 2 heterocycles. The van der Waals surface area contributed by atoms with Crippen LogP contribution in [-0.2, 0) is 11.3 Å². The minimum absolute atomic E-state index is 0.0647. The van der Waals surface area contributed by atoms with Gasteiger partial charge in [-0.2, -0.15) is 0 Å². The van der Waals surface area contributed by atoms with Crippen LogP contribution in [-0.4, -0.2) is 50.3 Å². The van der Waals surface area contributed by atoms with Crippen LogP contribution in [0.25, 0.3) is 11.1 Å². The summed E-state index contributed by atoms with van der Waals surface area (Å²) in [6, 6.07) is 19.5. The van der Waals surface area contributed by atoms with Crippen LogP contribution in [0.2, 0.25) is 0 Å². The van der Waals surface area contributed by atoms with E-state index in [0.29, 0.717) is 11.3 Å². The first-order chi connectivity index (χ1) is 19.9. The molecule has 1 aliphatic rings. The van der Waals surface area contributed by atoms with E-state index in [1.54, 1.807) is 18.5 Å². The molecule has 4 aromatic rings. The molecule has 0 aliphatic carbocycles. The number of aromatic nitrogens is 1. The molecule has 5 rings (SSSR count). The number of carbonyl (C=O) groups is 2. The number of amides is 2. The topological polar surface area (TPSA) is 86.8 Å². The molecule has 3 aromatic carbocycles. The number of nitrogens with zero attached hydrogens (tertiary/aromatic N) is 3. The van der Waals surface area contributed by atoms with Gasteiger partial charge in [0.05, 0.1) is 7.11 Å². The van der Waals surface area contributed by atoms with Crippen molar-refractivity contribution in [2.75, 3.05) is 48.4 Å². The summed E-state index contributed by atoms with van der Waals surface area (Å²) in [5.41, 5.74) is 3.35. The third-order valence-electron chi connectivity index (χ3n) is 7.00. The Morgan fingerprint density at radius 1 is 0.854 bits per heavy atom. The molecular formula is C31H29F2N5O3. The van der Waals surface area contributed by atoms with Gasteiger partial charge < -0.3 is 25.2 Å². The number of benzene rings is 3. The van der Waals surface area contributed by atoms with Gasteiger partial charge in [-0.15, -0.1) is 0 Å². The highest BCUT2D eigenvalue weighted by Gasteiger charge is 2.20. The Hall–Kier alpha value is -4.99. The zero-order chi connectivity index (χ0) is 28.8. The van der Waals surface area contributed by atoms with Gasteiger partial charge in [-0.05, 0) is 59.7 Å². The van der Waals surface area contributed by atoms with Crippen LogP contribution in [0.3, 0.4) is 0 Å². The standard InChI is InChI=1S/C31H29F2N5O3/c1-41-30(39)29-26(3-2-4-27(29)32)21-5-6-22(28(33)19-21)20-35-31(40)36-23-7-9-24(10-8-23)37-15-17-38(18-16-37)25-11-13-34-14-12-25/h2-14,19H,15-18,20H2,1H3,(H2,35,36,40). The van der Waals surface area contributed by atoms with Crippen LogP contribution >= 0.6 is 0 Å². The molecule has 10 heteroatoms. The van der Waals surface area contributed by atoms with Crippen molar-refractivity contribution in [3.63, 3.8) is 0 Å². The van der Waals surface area contributed by atoms with E-state index in [9.17, 15) is 18.4 Å². The number of rotatable bonds is 7. The second-order valence-electron chi connectivity index (χ2n) is 9.49. The molecule has 0 unspecified atom stereocenters. The van der Waals surface area contributed by atoms with E-state index in [2.05, 4.69) is 30.2 Å². The van der Waals surface area contributed by atoms with Crippen LogP contribution in [0.4, 0.5) is 30.6 Å². The first-order valence-corrected chi connectivity index (χ1v) is 13.1. The minimum atomic E-state index is -0.849. The van der Waals surface area contributed by atoms with Crippen molar-refractivity contribution in [1.29, 1.82) is 0 Å². The number of ether oxygens (including phenoxy) is 1. The summed E-state index contributed by atoms with van der Waals surface area (Å²) in [6.45, 7) is 3.49. The molecule has 0 spiro atoms. The van der Waals surface area contributed by atoms with Gasteiger partial charge in [0.25, 0.3) is 0 Å². The molecule has 41 heavy (non-hydrogen) atoms. The zero-order valence-electron chi connectivity index (χ0n) is 22.4. The molecule has 2 amide bonds. The highest BCUT2D eigenvalue weighted by atomic mass is 19.1. The highest BCUT2D eigenvalue weighted by molar-refractivity contribution is 5.97. The van der Waals surface area contributed by atoms with Gasteiger partial charge in [-0.1, -0.05) is 24.3 Å². The normalized spacial score (nSPS) is 13.0. The Kier molecular flexibility index (Phi) is 8.38. The number of anilines is 3. The number of hydrogen-bond acceptors (Lipinski definition) is 6. The second kappa shape index (κ2) is 12.5. The number of hydrogen-bond donors (Lipinski definition) is 2. The lowest BCUT2D eigenvalue weighted by Gasteiger charge is -2.37. The quantitative estimate of drug-likeness (QED) is 0.294. The van der Waals surface area contributed by atoms with E-state index in [1.807, 2.05) is 36.4 Å². The smallest absolute Gasteiger partial charge is 0.341 e. The predicted octanol–water partition coefficient (Wildman–Crippen LogP) is 5.46. The molecule has 0 bridgehead atoms. The molecule has 1 fully saturated rings. The maximum Gasteiger partial charge on any atom is 0.341 e. The lowest BCUT2D eigenvalue weighted by molar-refractivity contribution is 0.0596. The zero-order valence-corrected chi connectivity index (χ0v) is 22.4. The molecule has 1 aliphatic heterocycles. The number of pyridine rings is 1. The van der Waals surface area contributed by atoms with Crippen LogP contribution in [0.15, 0.2) is 85.2 Å². The van der Waals surface area contributed by atoms with E-state index in [0.717, 1.165) is 45.0 Å². The average molecular weight is 558 g/mol. The number of piperazine rings is 1. The minimum Gasteiger partial charge on any atom is -0.465 e. The summed E-state index contributed by atoms with van der Waals surface area (Å²) in [7, 11) is 1.15. The Balaban J connectivity index is 1.15. The van der Waals surface area contributed by atoms with E-state index < -0.39 is 23.6 Å². The van der Waals surface area contributed by atoms with Crippen LogP contribution in [0.5, 0.6) is 0 Å². The van der Waals surface area contributed by atoms with Gasteiger partial charge in [0.1, 0.15) is 17.2 Å². The van der Waals surface area contributed by atoms with Crippen LogP contribution in [0.1, 0.15) is 15.9 Å². The van der Waals surface area contributed by atoms with Crippen molar-refractivity contribution in [3.8, 4) is 11.1 Å². The second-order valence-corrected chi connectivity index (χ2v) is 9.49. The molecule has 8 nitrogen and oxygen atoms in total. The lowest BCUT2D eigenvalue weighted by Crippen LogP contribution is -2.46. The maximum atomic E-state index is 14.9.